The van der Waals surface area contributed by atoms with Crippen LogP contribution in [0.5, 0.6) is 5.75 Å². The molecule has 1 aromatic carbocycles. The van der Waals surface area contributed by atoms with Crippen LogP contribution >= 0.6 is 0 Å². The van der Waals surface area contributed by atoms with E-state index in [9.17, 15) is 8.78 Å². The van der Waals surface area contributed by atoms with Crippen LogP contribution in [0.25, 0.3) is 0 Å². The van der Waals surface area contributed by atoms with Gasteiger partial charge in [-0.25, -0.2) is 4.39 Å². The van der Waals surface area contributed by atoms with Gasteiger partial charge in [0.1, 0.15) is 0 Å². The van der Waals surface area contributed by atoms with Crippen molar-refractivity contribution >= 4 is 0 Å². The molecule has 0 radical (unpaired) electrons. The Labute approximate surface area is 194 Å². The maximum atomic E-state index is 14.3. The van der Waals surface area contributed by atoms with Crippen molar-refractivity contribution in [1.82, 2.24) is 0 Å². The molecule has 2 nitrogen and oxygen atoms in total. The number of halogens is 2. The Bertz CT molecular complexity index is 662. The molecule has 0 N–H and O–H groups in total. The minimum absolute atomic E-state index is 0.0232. The van der Waals surface area contributed by atoms with Crippen molar-refractivity contribution in [2.24, 2.45) is 23.7 Å². The molecule has 0 aliphatic heterocycles. The average Bonchev–Trinajstić information content (AvgIpc) is 2.82. The first-order valence-corrected chi connectivity index (χ1v) is 13.2. The van der Waals surface area contributed by atoms with Crippen molar-refractivity contribution in [3.05, 3.63) is 29.3 Å². The van der Waals surface area contributed by atoms with Crippen LogP contribution < -0.4 is 4.74 Å². The summed E-state index contributed by atoms with van der Waals surface area (Å²) in [5.41, 5.74) is 0.494. The van der Waals surface area contributed by atoms with Crippen LogP contribution in [0.2, 0.25) is 0 Å². The summed E-state index contributed by atoms with van der Waals surface area (Å²) in [7, 11) is 1.79. The fourth-order valence-corrected chi connectivity index (χ4v) is 6.14. The largest absolute Gasteiger partial charge is 0.491 e. The van der Waals surface area contributed by atoms with E-state index >= 15 is 0 Å². The normalized spacial score (nSPS) is 26.2. The monoisotopic (exact) mass is 450 g/mol. The third-order valence-electron chi connectivity index (χ3n) is 8.16. The van der Waals surface area contributed by atoms with Crippen LogP contribution in [0.4, 0.5) is 8.78 Å². The van der Waals surface area contributed by atoms with Crippen LogP contribution in [0, 0.1) is 35.3 Å². The van der Waals surface area contributed by atoms with E-state index in [-0.39, 0.29) is 5.75 Å². The van der Waals surface area contributed by atoms with Crippen LogP contribution in [-0.2, 0) is 11.2 Å². The Kier molecular flexibility index (Phi) is 10.8. The van der Waals surface area contributed by atoms with Gasteiger partial charge in [-0.05, 0) is 87.2 Å². The molecule has 0 bridgehead atoms. The molecule has 2 saturated carbocycles. The Morgan fingerprint density at radius 2 is 1.41 bits per heavy atom. The van der Waals surface area contributed by atoms with Crippen molar-refractivity contribution < 1.29 is 18.3 Å². The SMILES string of the molecule is CCOc1ccc(CCC2CCC(C3CCC(CCCCCOC)CC3)CC2)c(F)c1F. The highest BCUT2D eigenvalue weighted by molar-refractivity contribution is 5.31. The smallest absolute Gasteiger partial charge is 0.200 e. The molecule has 32 heavy (non-hydrogen) atoms. The summed E-state index contributed by atoms with van der Waals surface area (Å²) in [6.45, 7) is 3.02. The van der Waals surface area contributed by atoms with Gasteiger partial charge in [-0.1, -0.05) is 51.0 Å². The molecule has 0 heterocycles. The van der Waals surface area contributed by atoms with Crippen LogP contribution in [0.3, 0.4) is 0 Å². The van der Waals surface area contributed by atoms with Crippen LogP contribution in [0.1, 0.15) is 96.0 Å². The molecule has 3 rings (SSSR count). The average molecular weight is 451 g/mol. The highest BCUT2D eigenvalue weighted by Crippen LogP contribution is 2.43. The van der Waals surface area contributed by atoms with Crippen LogP contribution in [-0.4, -0.2) is 20.3 Å². The second-order valence-electron chi connectivity index (χ2n) is 10.2. The number of aryl methyl sites for hydroxylation is 1. The minimum Gasteiger partial charge on any atom is -0.491 e. The molecule has 0 spiro atoms. The van der Waals surface area contributed by atoms with Gasteiger partial charge in [-0.15, -0.1) is 0 Å². The standard InChI is InChI=1S/C28H44F2O2/c1-3-32-26-19-18-25(27(29)28(26)30)17-12-22-10-15-24(16-11-22)23-13-8-21(9-14-23)7-5-4-6-20-31-2/h18-19,21-24H,3-17,20H2,1-2H3. The molecule has 182 valence electrons. The number of unbranched alkanes of at least 4 members (excludes halogenated alkanes) is 2. The lowest BCUT2D eigenvalue weighted by molar-refractivity contribution is 0.139. The molecule has 1 aromatic rings. The van der Waals surface area contributed by atoms with Crippen molar-refractivity contribution in [1.29, 1.82) is 0 Å². The Morgan fingerprint density at radius 3 is 2.00 bits per heavy atom. The number of ether oxygens (including phenoxy) is 2. The summed E-state index contributed by atoms with van der Waals surface area (Å²) in [6.07, 6.45) is 17.8. The molecule has 0 amide bonds. The summed E-state index contributed by atoms with van der Waals surface area (Å²) in [5, 5.41) is 0. The van der Waals surface area contributed by atoms with Gasteiger partial charge in [0.15, 0.2) is 11.6 Å². The highest BCUT2D eigenvalue weighted by atomic mass is 19.2. The highest BCUT2D eigenvalue weighted by Gasteiger charge is 2.30. The maximum Gasteiger partial charge on any atom is 0.200 e. The number of hydrogen-bond acceptors (Lipinski definition) is 2. The molecular formula is C28H44F2O2. The first-order valence-electron chi connectivity index (χ1n) is 13.2. The molecular weight excluding hydrogens is 406 g/mol. The summed E-state index contributed by atoms with van der Waals surface area (Å²) in [5.74, 6) is 1.90. The lowest BCUT2D eigenvalue weighted by Gasteiger charge is -2.38. The molecule has 4 heteroatoms. The number of methoxy groups -OCH3 is 1. The van der Waals surface area contributed by atoms with E-state index < -0.39 is 11.6 Å². The van der Waals surface area contributed by atoms with Crippen molar-refractivity contribution in [2.75, 3.05) is 20.3 Å². The lowest BCUT2D eigenvalue weighted by atomic mass is 9.68. The molecule has 0 saturated heterocycles. The van der Waals surface area contributed by atoms with Gasteiger partial charge < -0.3 is 9.47 Å². The minimum atomic E-state index is -0.835. The van der Waals surface area contributed by atoms with E-state index in [0.717, 1.165) is 30.8 Å². The molecule has 2 fully saturated rings. The quantitative estimate of drug-likeness (QED) is 0.299. The third-order valence-corrected chi connectivity index (χ3v) is 8.16. The number of benzene rings is 1. The topological polar surface area (TPSA) is 18.5 Å². The van der Waals surface area contributed by atoms with E-state index in [0.29, 0.717) is 24.5 Å². The summed E-state index contributed by atoms with van der Waals surface area (Å²) >= 11 is 0. The summed E-state index contributed by atoms with van der Waals surface area (Å²) in [4.78, 5) is 0. The summed E-state index contributed by atoms with van der Waals surface area (Å²) < 4.78 is 38.8. The Hall–Kier alpha value is -1.16. The zero-order chi connectivity index (χ0) is 22.8. The van der Waals surface area contributed by atoms with E-state index in [1.54, 1.807) is 26.2 Å². The van der Waals surface area contributed by atoms with Crippen LogP contribution in [0.15, 0.2) is 12.1 Å². The van der Waals surface area contributed by atoms with E-state index in [4.69, 9.17) is 9.47 Å². The van der Waals surface area contributed by atoms with Gasteiger partial charge in [0.05, 0.1) is 6.61 Å². The maximum absolute atomic E-state index is 14.3. The first kappa shape index (κ1) is 25.5. The van der Waals surface area contributed by atoms with E-state index in [2.05, 4.69) is 0 Å². The predicted molar refractivity (Wildman–Crippen MR) is 127 cm³/mol. The molecule has 0 aromatic heterocycles. The fourth-order valence-electron chi connectivity index (χ4n) is 6.14. The van der Waals surface area contributed by atoms with Gasteiger partial charge in [0, 0.05) is 13.7 Å². The number of hydrogen-bond donors (Lipinski definition) is 0. The predicted octanol–water partition coefficient (Wildman–Crippen LogP) is 8.12. The van der Waals surface area contributed by atoms with Gasteiger partial charge in [-0.3, -0.25) is 0 Å². The van der Waals surface area contributed by atoms with Gasteiger partial charge >= 0.3 is 0 Å². The molecule has 0 unspecified atom stereocenters. The second-order valence-corrected chi connectivity index (χ2v) is 10.2. The lowest BCUT2D eigenvalue weighted by Crippen LogP contribution is -2.26. The van der Waals surface area contributed by atoms with E-state index in [1.807, 2.05) is 0 Å². The Balaban J connectivity index is 1.33. The zero-order valence-electron chi connectivity index (χ0n) is 20.4. The molecule has 2 aliphatic carbocycles. The van der Waals surface area contributed by atoms with Gasteiger partial charge in [0.25, 0.3) is 0 Å². The zero-order valence-corrected chi connectivity index (χ0v) is 20.4. The fraction of sp³-hybridized carbons (Fsp3) is 0.786. The Morgan fingerprint density at radius 1 is 0.781 bits per heavy atom. The molecule has 0 atom stereocenters. The third kappa shape index (κ3) is 7.43. The van der Waals surface area contributed by atoms with Gasteiger partial charge in [-0.2, -0.15) is 4.39 Å². The number of rotatable bonds is 12. The second kappa shape index (κ2) is 13.5. The van der Waals surface area contributed by atoms with Crippen molar-refractivity contribution in [3.63, 3.8) is 0 Å². The van der Waals surface area contributed by atoms with Crippen molar-refractivity contribution in [2.45, 2.75) is 96.8 Å². The molecule has 2 aliphatic rings. The van der Waals surface area contributed by atoms with Crippen molar-refractivity contribution in [3.8, 4) is 5.75 Å². The summed E-state index contributed by atoms with van der Waals surface area (Å²) in [6, 6.07) is 3.27. The van der Waals surface area contributed by atoms with Gasteiger partial charge in [0.2, 0.25) is 5.82 Å². The first-order chi connectivity index (χ1) is 15.6. The van der Waals surface area contributed by atoms with E-state index in [1.165, 1.54) is 77.0 Å².